The van der Waals surface area contributed by atoms with E-state index in [9.17, 15) is 0 Å². The van der Waals surface area contributed by atoms with Gasteiger partial charge in [0, 0.05) is 31.6 Å². The molecule has 1 aliphatic rings. The molecule has 0 aliphatic carbocycles. The van der Waals surface area contributed by atoms with E-state index in [1.54, 1.807) is 0 Å². The second-order valence-electron chi connectivity index (χ2n) is 5.60. The average molecular weight is 298 g/mol. The molecule has 3 aromatic heterocycles. The molecule has 1 fully saturated rings. The summed E-state index contributed by atoms with van der Waals surface area (Å²) < 4.78 is 7.76. The molecule has 1 aliphatic heterocycles. The maximum absolute atomic E-state index is 5.69. The highest BCUT2D eigenvalue weighted by atomic mass is 16.4. The van der Waals surface area contributed by atoms with Crippen molar-refractivity contribution in [1.82, 2.24) is 24.8 Å². The van der Waals surface area contributed by atoms with Gasteiger partial charge in [-0.2, -0.15) is 0 Å². The van der Waals surface area contributed by atoms with E-state index in [-0.39, 0.29) is 0 Å². The molecule has 0 spiro atoms. The second-order valence-corrected chi connectivity index (χ2v) is 5.60. The molecule has 22 heavy (non-hydrogen) atoms. The number of fused-ring (bicyclic) bond motifs is 1. The summed E-state index contributed by atoms with van der Waals surface area (Å²) >= 11 is 0. The van der Waals surface area contributed by atoms with Gasteiger partial charge in [0.2, 0.25) is 5.89 Å². The minimum atomic E-state index is 0.322. The van der Waals surface area contributed by atoms with E-state index in [1.165, 1.54) is 0 Å². The molecule has 3 aromatic rings. The standard InChI is InChI=1S/C15H18N6O/c1-2-13-17-19-15(22-13)20-8-5-6-11(10-20)14-18-16-12-7-3-4-9-21(12)14/h3-4,7,9,11H,2,5-6,8,10H2,1H3. The fourth-order valence-corrected chi connectivity index (χ4v) is 3.02. The highest BCUT2D eigenvalue weighted by molar-refractivity contribution is 5.38. The molecule has 4 heterocycles. The van der Waals surface area contributed by atoms with Gasteiger partial charge in [0.25, 0.3) is 0 Å². The van der Waals surface area contributed by atoms with Gasteiger partial charge >= 0.3 is 6.01 Å². The Morgan fingerprint density at radius 1 is 1.23 bits per heavy atom. The Labute approximate surface area is 128 Å². The fraction of sp³-hybridized carbons (Fsp3) is 0.467. The van der Waals surface area contributed by atoms with Crippen molar-refractivity contribution in [3.05, 3.63) is 36.1 Å². The van der Waals surface area contributed by atoms with Crippen LogP contribution in [-0.4, -0.2) is 37.9 Å². The molecule has 0 N–H and O–H groups in total. The Morgan fingerprint density at radius 3 is 3.05 bits per heavy atom. The van der Waals surface area contributed by atoms with Gasteiger partial charge < -0.3 is 9.32 Å². The molecule has 1 atom stereocenters. The van der Waals surface area contributed by atoms with Crippen molar-refractivity contribution >= 4 is 11.7 Å². The highest BCUT2D eigenvalue weighted by Gasteiger charge is 2.27. The van der Waals surface area contributed by atoms with E-state index in [0.717, 1.165) is 43.8 Å². The summed E-state index contributed by atoms with van der Waals surface area (Å²) in [5.41, 5.74) is 0.890. The zero-order chi connectivity index (χ0) is 14.9. The molecule has 0 saturated carbocycles. The molecule has 0 amide bonds. The van der Waals surface area contributed by atoms with E-state index in [2.05, 4.69) is 29.7 Å². The molecule has 114 valence electrons. The van der Waals surface area contributed by atoms with Crippen LogP contribution in [0.5, 0.6) is 0 Å². The van der Waals surface area contributed by atoms with Crippen LogP contribution in [0.3, 0.4) is 0 Å². The number of hydrogen-bond donors (Lipinski definition) is 0. The molecule has 0 radical (unpaired) electrons. The first-order chi connectivity index (χ1) is 10.8. The van der Waals surface area contributed by atoms with E-state index < -0.39 is 0 Å². The largest absolute Gasteiger partial charge is 0.408 e. The highest BCUT2D eigenvalue weighted by Crippen LogP contribution is 2.28. The molecule has 1 unspecified atom stereocenters. The minimum Gasteiger partial charge on any atom is -0.408 e. The fourth-order valence-electron chi connectivity index (χ4n) is 3.02. The summed E-state index contributed by atoms with van der Waals surface area (Å²) in [6.45, 7) is 3.79. The van der Waals surface area contributed by atoms with Gasteiger partial charge in [0.15, 0.2) is 5.65 Å². The summed E-state index contributed by atoms with van der Waals surface area (Å²) in [6.07, 6.45) is 4.96. The number of aromatic nitrogens is 5. The lowest BCUT2D eigenvalue weighted by Crippen LogP contribution is -2.35. The summed E-state index contributed by atoms with van der Waals surface area (Å²) in [5, 5.41) is 16.9. The quantitative estimate of drug-likeness (QED) is 0.737. The third-order valence-electron chi connectivity index (χ3n) is 4.16. The summed E-state index contributed by atoms with van der Waals surface area (Å²) in [6, 6.07) is 6.58. The van der Waals surface area contributed by atoms with Gasteiger partial charge in [-0.05, 0) is 25.0 Å². The van der Waals surface area contributed by atoms with Crippen LogP contribution < -0.4 is 4.90 Å². The number of piperidine rings is 1. The zero-order valence-corrected chi connectivity index (χ0v) is 12.5. The number of nitrogens with zero attached hydrogens (tertiary/aromatic N) is 6. The molecular formula is C15H18N6O. The molecule has 1 saturated heterocycles. The molecular weight excluding hydrogens is 280 g/mol. The van der Waals surface area contributed by atoms with Gasteiger partial charge in [-0.1, -0.05) is 18.1 Å². The van der Waals surface area contributed by atoms with Crippen LogP contribution in [0.4, 0.5) is 6.01 Å². The van der Waals surface area contributed by atoms with Gasteiger partial charge in [0.05, 0.1) is 0 Å². The summed E-state index contributed by atoms with van der Waals surface area (Å²) in [4.78, 5) is 2.16. The predicted octanol–water partition coefficient (Wildman–Crippen LogP) is 2.06. The summed E-state index contributed by atoms with van der Waals surface area (Å²) in [5.74, 6) is 2.02. The smallest absolute Gasteiger partial charge is 0.318 e. The lowest BCUT2D eigenvalue weighted by atomic mass is 9.97. The number of anilines is 1. The summed E-state index contributed by atoms with van der Waals surface area (Å²) in [7, 11) is 0. The zero-order valence-electron chi connectivity index (χ0n) is 12.5. The number of rotatable bonds is 3. The SMILES string of the molecule is CCc1nnc(N2CCCC(c3nnc4ccccn34)C2)o1. The van der Waals surface area contributed by atoms with E-state index in [0.29, 0.717) is 17.8 Å². The Kier molecular flexibility index (Phi) is 3.25. The average Bonchev–Trinajstić information content (AvgIpc) is 3.22. The van der Waals surface area contributed by atoms with Gasteiger partial charge in [-0.25, -0.2) is 0 Å². The first-order valence-corrected chi connectivity index (χ1v) is 7.72. The maximum atomic E-state index is 5.69. The van der Waals surface area contributed by atoms with Crippen molar-refractivity contribution in [2.75, 3.05) is 18.0 Å². The van der Waals surface area contributed by atoms with E-state index >= 15 is 0 Å². The second kappa shape index (κ2) is 5.40. The van der Waals surface area contributed by atoms with Crippen LogP contribution in [-0.2, 0) is 6.42 Å². The van der Waals surface area contributed by atoms with Crippen molar-refractivity contribution in [2.45, 2.75) is 32.1 Å². The van der Waals surface area contributed by atoms with Crippen molar-refractivity contribution in [3.63, 3.8) is 0 Å². The molecule has 0 bridgehead atoms. The first-order valence-electron chi connectivity index (χ1n) is 7.72. The predicted molar refractivity (Wildman–Crippen MR) is 80.9 cm³/mol. The number of hydrogen-bond acceptors (Lipinski definition) is 6. The maximum Gasteiger partial charge on any atom is 0.318 e. The topological polar surface area (TPSA) is 72.4 Å². The minimum absolute atomic E-state index is 0.322. The van der Waals surface area contributed by atoms with Crippen LogP contribution in [0.15, 0.2) is 28.8 Å². The Balaban J connectivity index is 1.60. The third kappa shape index (κ3) is 2.22. The van der Waals surface area contributed by atoms with Crippen molar-refractivity contribution in [3.8, 4) is 0 Å². The molecule has 0 aromatic carbocycles. The van der Waals surface area contributed by atoms with Crippen LogP contribution >= 0.6 is 0 Å². The van der Waals surface area contributed by atoms with Crippen LogP contribution in [0.1, 0.15) is 37.4 Å². The lowest BCUT2D eigenvalue weighted by molar-refractivity contribution is 0.434. The normalized spacial score (nSPS) is 19.0. The third-order valence-corrected chi connectivity index (χ3v) is 4.16. The number of aryl methyl sites for hydroxylation is 1. The van der Waals surface area contributed by atoms with Crippen molar-refractivity contribution < 1.29 is 4.42 Å². The van der Waals surface area contributed by atoms with Crippen molar-refractivity contribution in [2.24, 2.45) is 0 Å². The van der Waals surface area contributed by atoms with Crippen LogP contribution in [0.2, 0.25) is 0 Å². The van der Waals surface area contributed by atoms with Gasteiger partial charge in [-0.15, -0.1) is 15.3 Å². The number of pyridine rings is 1. The first kappa shape index (κ1) is 13.2. The van der Waals surface area contributed by atoms with Crippen LogP contribution in [0, 0.1) is 0 Å². The Bertz CT molecular complexity index is 779. The monoisotopic (exact) mass is 298 g/mol. The van der Waals surface area contributed by atoms with Gasteiger partial charge in [0.1, 0.15) is 5.82 Å². The molecule has 7 nitrogen and oxygen atoms in total. The van der Waals surface area contributed by atoms with E-state index in [1.807, 2.05) is 31.3 Å². The lowest BCUT2D eigenvalue weighted by Gasteiger charge is -2.30. The molecule has 4 rings (SSSR count). The Morgan fingerprint density at radius 2 is 2.18 bits per heavy atom. The Hall–Kier alpha value is -2.44. The molecule has 7 heteroatoms. The van der Waals surface area contributed by atoms with Crippen molar-refractivity contribution in [1.29, 1.82) is 0 Å². The van der Waals surface area contributed by atoms with Gasteiger partial charge in [-0.3, -0.25) is 4.40 Å². The van der Waals surface area contributed by atoms with Crippen LogP contribution in [0.25, 0.3) is 5.65 Å². The van der Waals surface area contributed by atoms with E-state index in [4.69, 9.17) is 4.42 Å².